The zero-order valence-electron chi connectivity index (χ0n) is 11.5. The van der Waals surface area contributed by atoms with Crippen LogP contribution in [0.1, 0.15) is 39.5 Å². The summed E-state index contributed by atoms with van der Waals surface area (Å²) < 4.78 is 5.80. The minimum Gasteiger partial charge on any atom is -0.374 e. The molecule has 0 radical (unpaired) electrons. The van der Waals surface area contributed by atoms with Crippen molar-refractivity contribution in [2.75, 3.05) is 39.3 Å². The molecule has 0 aromatic heterocycles. The summed E-state index contributed by atoms with van der Waals surface area (Å²) >= 11 is 0. The molecule has 0 amide bonds. The molecule has 0 spiro atoms. The third kappa shape index (κ3) is 3.94. The van der Waals surface area contributed by atoms with Crippen LogP contribution in [0, 0.1) is 5.41 Å². The zero-order valence-corrected chi connectivity index (χ0v) is 11.5. The molecule has 1 saturated carbocycles. The highest BCUT2D eigenvalue weighted by Crippen LogP contribution is 2.36. The van der Waals surface area contributed by atoms with Gasteiger partial charge in [0, 0.05) is 26.2 Å². The molecule has 100 valence electrons. The lowest BCUT2D eigenvalue weighted by Crippen LogP contribution is -2.47. The van der Waals surface area contributed by atoms with Crippen LogP contribution in [0.15, 0.2) is 0 Å². The highest BCUT2D eigenvalue weighted by atomic mass is 16.5. The van der Waals surface area contributed by atoms with Crippen LogP contribution in [0.3, 0.4) is 0 Å². The van der Waals surface area contributed by atoms with E-state index in [0.717, 1.165) is 32.8 Å². The molecule has 0 aromatic rings. The normalized spacial score (nSPS) is 29.6. The summed E-state index contributed by atoms with van der Waals surface area (Å²) in [7, 11) is 0. The van der Waals surface area contributed by atoms with Crippen molar-refractivity contribution in [3.8, 4) is 0 Å². The predicted octanol–water partition coefficient (Wildman–Crippen LogP) is 1.88. The van der Waals surface area contributed by atoms with Crippen molar-refractivity contribution in [1.82, 2.24) is 10.2 Å². The maximum Gasteiger partial charge on any atom is 0.0826 e. The number of hydrogen-bond donors (Lipinski definition) is 1. The Hall–Kier alpha value is -0.120. The Morgan fingerprint density at radius 1 is 1.35 bits per heavy atom. The van der Waals surface area contributed by atoms with Gasteiger partial charge < -0.3 is 10.1 Å². The first-order valence-corrected chi connectivity index (χ1v) is 7.26. The molecule has 3 nitrogen and oxygen atoms in total. The molecular formula is C14H28N2O. The fourth-order valence-electron chi connectivity index (χ4n) is 3.13. The van der Waals surface area contributed by atoms with E-state index in [-0.39, 0.29) is 0 Å². The topological polar surface area (TPSA) is 24.5 Å². The van der Waals surface area contributed by atoms with E-state index in [0.29, 0.717) is 11.5 Å². The van der Waals surface area contributed by atoms with Gasteiger partial charge in [0.15, 0.2) is 0 Å². The maximum atomic E-state index is 5.80. The maximum absolute atomic E-state index is 5.80. The van der Waals surface area contributed by atoms with Crippen LogP contribution in [-0.4, -0.2) is 50.3 Å². The summed E-state index contributed by atoms with van der Waals surface area (Å²) in [6, 6.07) is 0. The molecule has 2 fully saturated rings. The average molecular weight is 240 g/mol. The second kappa shape index (κ2) is 6.17. The van der Waals surface area contributed by atoms with E-state index in [2.05, 4.69) is 24.1 Å². The molecule has 1 unspecified atom stereocenters. The minimum atomic E-state index is 0.397. The monoisotopic (exact) mass is 240 g/mol. The Labute approximate surface area is 106 Å². The van der Waals surface area contributed by atoms with Gasteiger partial charge in [-0.3, -0.25) is 4.90 Å². The number of rotatable bonds is 5. The van der Waals surface area contributed by atoms with Crippen molar-refractivity contribution in [3.63, 3.8) is 0 Å². The molecule has 0 bridgehead atoms. The second-order valence-corrected chi connectivity index (χ2v) is 6.03. The molecule has 17 heavy (non-hydrogen) atoms. The zero-order chi connectivity index (χ0) is 12.1. The van der Waals surface area contributed by atoms with Crippen LogP contribution in [0.5, 0.6) is 0 Å². The lowest BCUT2D eigenvalue weighted by atomic mass is 9.89. The first kappa shape index (κ1) is 13.3. The Bertz CT molecular complexity index is 226. The number of ether oxygens (including phenoxy) is 1. The minimum absolute atomic E-state index is 0.397. The summed E-state index contributed by atoms with van der Waals surface area (Å²) in [5.41, 5.74) is 0.555. The van der Waals surface area contributed by atoms with Gasteiger partial charge in [0.05, 0.1) is 12.7 Å². The Morgan fingerprint density at radius 2 is 2.12 bits per heavy atom. The van der Waals surface area contributed by atoms with Crippen LogP contribution < -0.4 is 5.32 Å². The molecule has 1 N–H and O–H groups in total. The average Bonchev–Trinajstić information content (AvgIpc) is 2.77. The molecule has 2 rings (SSSR count). The van der Waals surface area contributed by atoms with Crippen molar-refractivity contribution in [3.05, 3.63) is 0 Å². The molecule has 1 aliphatic heterocycles. The van der Waals surface area contributed by atoms with Gasteiger partial charge in [-0.25, -0.2) is 0 Å². The number of nitrogens with one attached hydrogen (secondary N) is 1. The molecular weight excluding hydrogens is 212 g/mol. The van der Waals surface area contributed by atoms with Crippen LogP contribution in [0.4, 0.5) is 0 Å². The van der Waals surface area contributed by atoms with Gasteiger partial charge in [0.2, 0.25) is 0 Å². The van der Waals surface area contributed by atoms with Crippen LogP contribution >= 0.6 is 0 Å². The molecule has 1 atom stereocenters. The summed E-state index contributed by atoms with van der Waals surface area (Å²) in [5.74, 6) is 0. The second-order valence-electron chi connectivity index (χ2n) is 6.03. The van der Waals surface area contributed by atoms with Gasteiger partial charge in [0.1, 0.15) is 0 Å². The van der Waals surface area contributed by atoms with Gasteiger partial charge in [0.25, 0.3) is 0 Å². The van der Waals surface area contributed by atoms with Crippen LogP contribution in [0.25, 0.3) is 0 Å². The van der Waals surface area contributed by atoms with Crippen molar-refractivity contribution in [1.29, 1.82) is 0 Å². The van der Waals surface area contributed by atoms with E-state index in [4.69, 9.17) is 4.74 Å². The molecule has 0 aromatic carbocycles. The van der Waals surface area contributed by atoms with Gasteiger partial charge in [-0.15, -0.1) is 0 Å². The highest BCUT2D eigenvalue weighted by Gasteiger charge is 2.28. The molecule has 1 heterocycles. The summed E-state index contributed by atoms with van der Waals surface area (Å²) in [6.45, 7) is 11.1. The number of morpholine rings is 1. The Kier molecular flexibility index (Phi) is 4.83. The SMILES string of the molecule is CCN1CCOC(CNCC2(C)CCCC2)C1. The van der Waals surface area contributed by atoms with E-state index >= 15 is 0 Å². The molecule has 1 aliphatic carbocycles. The first-order valence-electron chi connectivity index (χ1n) is 7.26. The van der Waals surface area contributed by atoms with Crippen LogP contribution in [-0.2, 0) is 4.74 Å². The smallest absolute Gasteiger partial charge is 0.0826 e. The standard InChI is InChI=1S/C14H28N2O/c1-3-16-8-9-17-13(11-16)10-15-12-14(2)6-4-5-7-14/h13,15H,3-12H2,1-2H3. The lowest BCUT2D eigenvalue weighted by molar-refractivity contribution is -0.0260. The van der Waals surface area contributed by atoms with Gasteiger partial charge >= 0.3 is 0 Å². The molecule has 3 heteroatoms. The summed E-state index contributed by atoms with van der Waals surface area (Å²) in [5, 5.41) is 3.63. The number of nitrogens with zero attached hydrogens (tertiary/aromatic N) is 1. The van der Waals surface area contributed by atoms with Crippen molar-refractivity contribution in [2.24, 2.45) is 5.41 Å². The van der Waals surface area contributed by atoms with Gasteiger partial charge in [-0.05, 0) is 24.8 Å². The van der Waals surface area contributed by atoms with Crippen LogP contribution in [0.2, 0.25) is 0 Å². The fraction of sp³-hybridized carbons (Fsp3) is 1.00. The van der Waals surface area contributed by atoms with Gasteiger partial charge in [-0.1, -0.05) is 26.7 Å². The number of hydrogen-bond acceptors (Lipinski definition) is 3. The predicted molar refractivity (Wildman–Crippen MR) is 71.3 cm³/mol. The lowest BCUT2D eigenvalue weighted by Gasteiger charge is -2.33. The summed E-state index contributed by atoms with van der Waals surface area (Å²) in [6.07, 6.45) is 6.02. The van der Waals surface area contributed by atoms with E-state index in [1.165, 1.54) is 32.2 Å². The highest BCUT2D eigenvalue weighted by molar-refractivity contribution is 4.83. The van der Waals surface area contributed by atoms with Gasteiger partial charge in [-0.2, -0.15) is 0 Å². The largest absolute Gasteiger partial charge is 0.374 e. The molecule has 2 aliphatic rings. The molecule has 1 saturated heterocycles. The first-order chi connectivity index (χ1) is 8.22. The Morgan fingerprint density at radius 3 is 2.82 bits per heavy atom. The summed E-state index contributed by atoms with van der Waals surface area (Å²) in [4.78, 5) is 2.48. The van der Waals surface area contributed by atoms with Crippen molar-refractivity contribution < 1.29 is 4.74 Å². The fourth-order valence-corrected chi connectivity index (χ4v) is 3.13. The quantitative estimate of drug-likeness (QED) is 0.794. The third-order valence-electron chi connectivity index (χ3n) is 4.40. The van der Waals surface area contributed by atoms with E-state index in [1.54, 1.807) is 0 Å². The van der Waals surface area contributed by atoms with E-state index in [1.807, 2.05) is 0 Å². The third-order valence-corrected chi connectivity index (χ3v) is 4.40. The number of likely N-dealkylation sites (N-methyl/N-ethyl adjacent to an activating group) is 1. The van der Waals surface area contributed by atoms with E-state index in [9.17, 15) is 0 Å². The Balaban J connectivity index is 1.64. The van der Waals surface area contributed by atoms with Crippen molar-refractivity contribution >= 4 is 0 Å². The van der Waals surface area contributed by atoms with Crippen molar-refractivity contribution in [2.45, 2.75) is 45.6 Å². The van der Waals surface area contributed by atoms with E-state index < -0.39 is 0 Å².